The molecule has 10 heteroatoms. The van der Waals surface area contributed by atoms with Gasteiger partial charge in [-0.05, 0) is 49.8 Å². The number of hydrogen-bond donors (Lipinski definition) is 2. The molecule has 0 unspecified atom stereocenters. The quantitative estimate of drug-likeness (QED) is 0.341. The van der Waals surface area contributed by atoms with E-state index in [0.717, 1.165) is 21.8 Å². The highest BCUT2D eigenvalue weighted by Crippen LogP contribution is 2.35. The number of nitrogens with one attached hydrogen (secondary N) is 1. The zero-order chi connectivity index (χ0) is 24.0. The predicted molar refractivity (Wildman–Crippen MR) is 136 cm³/mol. The molecule has 0 aliphatic carbocycles. The number of hydrogen-bond acceptors (Lipinski definition) is 6. The molecule has 1 heterocycles. The molecule has 0 bridgehead atoms. The molecule has 1 saturated heterocycles. The van der Waals surface area contributed by atoms with Crippen molar-refractivity contribution in [3.8, 4) is 5.75 Å². The second-order valence-electron chi connectivity index (χ2n) is 7.22. The van der Waals surface area contributed by atoms with Crippen LogP contribution in [0.5, 0.6) is 5.75 Å². The van der Waals surface area contributed by atoms with E-state index in [0.29, 0.717) is 32.6 Å². The third-order valence-corrected chi connectivity index (χ3v) is 6.47. The highest BCUT2D eigenvalue weighted by atomic mass is 79.9. The Hall–Kier alpha value is -2.69. The first-order chi connectivity index (χ1) is 15.7. The number of aryl methyl sites for hydroxylation is 1. The smallest absolute Gasteiger partial charge is 0.303 e. The number of carboxylic acid groups (broad SMARTS) is 1. The Balaban J connectivity index is 1.69. The summed E-state index contributed by atoms with van der Waals surface area (Å²) in [6.45, 7) is 2.01. The Kier molecular flexibility index (Phi) is 8.65. The fourth-order valence-corrected chi connectivity index (χ4v) is 4.64. The number of carbonyl (C=O) groups excluding carboxylic acids is 2. The molecule has 2 amide bonds. The van der Waals surface area contributed by atoms with Gasteiger partial charge in [0.25, 0.3) is 11.8 Å². The topological polar surface area (TPSA) is 95.9 Å². The zero-order valence-electron chi connectivity index (χ0n) is 17.7. The summed E-state index contributed by atoms with van der Waals surface area (Å²) < 4.78 is 6.89. The fraction of sp³-hybridized carbons (Fsp3) is 0.217. The van der Waals surface area contributed by atoms with Crippen molar-refractivity contribution in [2.75, 3.05) is 18.5 Å². The molecule has 2 N–H and O–H groups in total. The van der Waals surface area contributed by atoms with Gasteiger partial charge in [0.1, 0.15) is 10.1 Å². The number of nitrogens with zero attached hydrogens (tertiary/aromatic N) is 1. The van der Waals surface area contributed by atoms with Crippen molar-refractivity contribution in [1.29, 1.82) is 0 Å². The largest absolute Gasteiger partial charge is 0.483 e. The van der Waals surface area contributed by atoms with Crippen LogP contribution in [-0.2, 0) is 14.4 Å². The van der Waals surface area contributed by atoms with Gasteiger partial charge < -0.3 is 15.2 Å². The van der Waals surface area contributed by atoms with Crippen LogP contribution in [0.3, 0.4) is 0 Å². The number of rotatable bonds is 9. The predicted octanol–water partition coefficient (Wildman–Crippen LogP) is 4.84. The number of aliphatic carboxylic acids is 1. The zero-order valence-corrected chi connectivity index (χ0v) is 20.9. The third kappa shape index (κ3) is 7.15. The second-order valence-corrected chi connectivity index (χ2v) is 9.81. The van der Waals surface area contributed by atoms with E-state index in [9.17, 15) is 14.4 Å². The Morgan fingerprint density at radius 1 is 1.24 bits per heavy atom. The monoisotopic (exact) mass is 548 g/mol. The number of halogens is 1. The van der Waals surface area contributed by atoms with E-state index >= 15 is 0 Å². The molecule has 0 atom stereocenters. The molecule has 1 aliphatic rings. The van der Waals surface area contributed by atoms with Crippen LogP contribution < -0.4 is 10.1 Å². The highest BCUT2D eigenvalue weighted by molar-refractivity contribution is 9.10. The number of ether oxygens (including phenoxy) is 1. The summed E-state index contributed by atoms with van der Waals surface area (Å²) >= 11 is 9.85. The number of anilines is 1. The summed E-state index contributed by atoms with van der Waals surface area (Å²) in [5, 5.41) is 11.6. The first-order valence-electron chi connectivity index (χ1n) is 9.99. The van der Waals surface area contributed by atoms with Gasteiger partial charge in [0.2, 0.25) is 0 Å². The van der Waals surface area contributed by atoms with Crippen molar-refractivity contribution in [3.05, 3.63) is 63.0 Å². The van der Waals surface area contributed by atoms with Gasteiger partial charge >= 0.3 is 5.97 Å². The van der Waals surface area contributed by atoms with E-state index < -0.39 is 5.97 Å². The average molecular weight is 549 g/mol. The van der Waals surface area contributed by atoms with Crippen LogP contribution in [0.4, 0.5) is 5.69 Å². The number of thiocarbonyl (C=S) groups is 1. The lowest BCUT2D eigenvalue weighted by atomic mass is 10.2. The number of amides is 2. The van der Waals surface area contributed by atoms with E-state index in [-0.39, 0.29) is 31.4 Å². The van der Waals surface area contributed by atoms with Crippen LogP contribution in [0.2, 0.25) is 0 Å². The van der Waals surface area contributed by atoms with Crippen LogP contribution in [0, 0.1) is 6.92 Å². The van der Waals surface area contributed by atoms with Crippen LogP contribution in [0.15, 0.2) is 51.8 Å². The van der Waals surface area contributed by atoms with Crippen LogP contribution in [-0.4, -0.2) is 45.3 Å². The first-order valence-corrected chi connectivity index (χ1v) is 12.0. The molecule has 2 aromatic rings. The highest BCUT2D eigenvalue weighted by Gasteiger charge is 2.32. The average Bonchev–Trinajstić information content (AvgIpc) is 3.02. The summed E-state index contributed by atoms with van der Waals surface area (Å²) in [5.74, 6) is -1.07. The Morgan fingerprint density at radius 3 is 2.67 bits per heavy atom. The molecular weight excluding hydrogens is 528 g/mol. The number of benzene rings is 2. The summed E-state index contributed by atoms with van der Waals surface area (Å²) in [5.41, 5.74) is 2.38. The standard InChI is InChI=1S/C23H21BrN2O5S2/c1-14-4-7-17(8-5-14)25-20(27)13-31-18-9-6-16(24)11-15(18)12-19-22(30)26(23(32)33-19)10-2-3-21(28)29/h4-9,11-12H,2-3,10,13H2,1H3,(H,25,27)(H,28,29)/b19-12-. The van der Waals surface area contributed by atoms with E-state index in [1.807, 2.05) is 31.2 Å². The van der Waals surface area contributed by atoms with Crippen molar-refractivity contribution < 1.29 is 24.2 Å². The fourth-order valence-electron chi connectivity index (χ4n) is 2.96. The first kappa shape index (κ1) is 24.9. The minimum atomic E-state index is -0.918. The number of carboxylic acids is 1. The molecule has 0 saturated carbocycles. The van der Waals surface area contributed by atoms with Crippen molar-refractivity contribution >= 4 is 73.8 Å². The SMILES string of the molecule is Cc1ccc(NC(=O)COc2ccc(Br)cc2/C=C2\SC(=S)N(CCCC(=O)O)C2=O)cc1. The molecule has 172 valence electrons. The lowest BCUT2D eigenvalue weighted by Gasteiger charge is -2.13. The minimum Gasteiger partial charge on any atom is -0.483 e. The van der Waals surface area contributed by atoms with Gasteiger partial charge in [0, 0.05) is 28.7 Å². The Labute approximate surface area is 209 Å². The minimum absolute atomic E-state index is 0.0373. The van der Waals surface area contributed by atoms with Gasteiger partial charge in [-0.25, -0.2) is 0 Å². The lowest BCUT2D eigenvalue weighted by Crippen LogP contribution is -2.29. The third-order valence-electron chi connectivity index (χ3n) is 4.60. The number of carbonyl (C=O) groups is 3. The summed E-state index contributed by atoms with van der Waals surface area (Å²) in [6.07, 6.45) is 1.94. The van der Waals surface area contributed by atoms with E-state index in [1.54, 1.807) is 24.3 Å². The van der Waals surface area contributed by atoms with Crippen molar-refractivity contribution in [3.63, 3.8) is 0 Å². The van der Waals surface area contributed by atoms with Crippen LogP contribution >= 0.6 is 39.9 Å². The normalized spacial score (nSPS) is 14.6. The van der Waals surface area contributed by atoms with Gasteiger partial charge in [-0.2, -0.15) is 0 Å². The Bertz CT molecular complexity index is 1120. The maximum atomic E-state index is 12.8. The molecule has 3 rings (SSSR count). The molecular formula is C23H21BrN2O5S2. The molecule has 0 radical (unpaired) electrons. The molecule has 1 fully saturated rings. The van der Waals surface area contributed by atoms with Crippen molar-refractivity contribution in [2.24, 2.45) is 0 Å². The molecule has 1 aliphatic heterocycles. The van der Waals surface area contributed by atoms with Crippen molar-refractivity contribution in [1.82, 2.24) is 4.90 Å². The van der Waals surface area contributed by atoms with E-state index in [4.69, 9.17) is 22.1 Å². The molecule has 33 heavy (non-hydrogen) atoms. The van der Waals surface area contributed by atoms with E-state index in [1.165, 1.54) is 4.90 Å². The maximum Gasteiger partial charge on any atom is 0.303 e. The van der Waals surface area contributed by atoms with Gasteiger partial charge in [0.15, 0.2) is 6.61 Å². The number of thioether (sulfide) groups is 1. The van der Waals surface area contributed by atoms with Gasteiger partial charge in [-0.15, -0.1) is 0 Å². The second kappa shape index (κ2) is 11.4. The van der Waals surface area contributed by atoms with E-state index in [2.05, 4.69) is 21.2 Å². The van der Waals surface area contributed by atoms with Gasteiger partial charge in [-0.3, -0.25) is 19.3 Å². The van der Waals surface area contributed by atoms with Crippen LogP contribution in [0.25, 0.3) is 6.08 Å². The Morgan fingerprint density at radius 2 is 1.97 bits per heavy atom. The molecule has 0 aromatic heterocycles. The summed E-state index contributed by atoms with van der Waals surface area (Å²) in [4.78, 5) is 37.6. The molecule has 2 aromatic carbocycles. The maximum absolute atomic E-state index is 12.8. The van der Waals surface area contributed by atoms with Crippen molar-refractivity contribution in [2.45, 2.75) is 19.8 Å². The van der Waals surface area contributed by atoms with Crippen LogP contribution in [0.1, 0.15) is 24.0 Å². The summed E-state index contributed by atoms with van der Waals surface area (Å²) in [7, 11) is 0. The molecule has 0 spiro atoms. The lowest BCUT2D eigenvalue weighted by molar-refractivity contribution is -0.137. The van der Waals surface area contributed by atoms with Gasteiger partial charge in [-0.1, -0.05) is 57.6 Å². The summed E-state index contributed by atoms with van der Waals surface area (Å²) in [6, 6.07) is 12.7. The van der Waals surface area contributed by atoms with Gasteiger partial charge in [0.05, 0.1) is 4.91 Å². The molecule has 7 nitrogen and oxygen atoms in total.